The number of benzene rings is 5. The average molecular weight is 576 g/mol. The minimum atomic E-state index is 0.998. The van der Waals surface area contributed by atoms with Gasteiger partial charge in [-0.15, -0.1) is 0 Å². The van der Waals surface area contributed by atoms with E-state index in [4.69, 9.17) is 9.97 Å². The Labute approximate surface area is 257 Å². The van der Waals surface area contributed by atoms with Gasteiger partial charge in [-0.2, -0.15) is 0 Å². The van der Waals surface area contributed by atoms with Crippen molar-refractivity contribution in [2.45, 2.75) is 0 Å². The number of fused-ring (bicyclic) bond motifs is 9. The van der Waals surface area contributed by atoms with Crippen molar-refractivity contribution in [1.29, 1.82) is 0 Å². The van der Waals surface area contributed by atoms with Gasteiger partial charge in [0, 0.05) is 33.9 Å². The fourth-order valence-corrected chi connectivity index (χ4v) is 7.29. The van der Waals surface area contributed by atoms with Crippen molar-refractivity contribution in [3.63, 3.8) is 0 Å². The second kappa shape index (κ2) is 9.15. The number of hydrogen-bond donors (Lipinski definition) is 0. The maximum Gasteiger partial charge on any atom is 0.0963 e. The first kappa shape index (κ1) is 24.3. The maximum absolute atomic E-state index is 4.82. The van der Waals surface area contributed by atoms with Gasteiger partial charge < -0.3 is 13.7 Å². The lowest BCUT2D eigenvalue weighted by Crippen LogP contribution is -2.03. The Kier molecular flexibility index (Phi) is 4.93. The zero-order valence-corrected chi connectivity index (χ0v) is 24.2. The first-order valence-electron chi connectivity index (χ1n) is 15.2. The molecule has 10 rings (SSSR count). The summed E-state index contributed by atoms with van der Waals surface area (Å²) in [6, 6.07) is 49.8. The average Bonchev–Trinajstić information content (AvgIpc) is 3.74. The van der Waals surface area contributed by atoms with E-state index in [9.17, 15) is 0 Å². The van der Waals surface area contributed by atoms with E-state index in [1.807, 2.05) is 24.5 Å². The number of rotatable bonds is 3. The van der Waals surface area contributed by atoms with Crippen LogP contribution in [-0.4, -0.2) is 23.7 Å². The van der Waals surface area contributed by atoms with Crippen LogP contribution in [0.1, 0.15) is 0 Å². The third kappa shape index (κ3) is 3.38. The molecule has 0 amide bonds. The number of aromatic nitrogens is 5. The molecule has 10 aromatic rings. The molecule has 45 heavy (non-hydrogen) atoms. The Morgan fingerprint density at radius 3 is 1.04 bits per heavy atom. The predicted octanol–water partition coefficient (Wildman–Crippen LogP) is 9.77. The van der Waals surface area contributed by atoms with Crippen molar-refractivity contribution in [1.82, 2.24) is 23.7 Å². The van der Waals surface area contributed by atoms with E-state index in [0.29, 0.717) is 0 Å². The second-order valence-corrected chi connectivity index (χ2v) is 11.5. The Morgan fingerprint density at radius 1 is 0.311 bits per heavy atom. The van der Waals surface area contributed by atoms with Gasteiger partial charge in [0.2, 0.25) is 0 Å². The Morgan fingerprint density at radius 2 is 0.622 bits per heavy atom. The molecule has 0 spiro atoms. The normalized spacial score (nSPS) is 12.0. The summed E-state index contributed by atoms with van der Waals surface area (Å²) in [6.45, 7) is 0. The van der Waals surface area contributed by atoms with Crippen molar-refractivity contribution in [2.24, 2.45) is 0 Å². The van der Waals surface area contributed by atoms with Gasteiger partial charge >= 0.3 is 0 Å². The van der Waals surface area contributed by atoms with Crippen LogP contribution in [0.2, 0.25) is 0 Å². The molecule has 5 heterocycles. The highest BCUT2D eigenvalue weighted by Crippen LogP contribution is 2.38. The van der Waals surface area contributed by atoms with Crippen molar-refractivity contribution in [3.05, 3.63) is 152 Å². The molecule has 0 aliphatic carbocycles. The molecule has 0 radical (unpaired) electrons. The van der Waals surface area contributed by atoms with Gasteiger partial charge in [0.25, 0.3) is 0 Å². The van der Waals surface area contributed by atoms with Crippen LogP contribution in [0.5, 0.6) is 0 Å². The van der Waals surface area contributed by atoms with E-state index in [1.54, 1.807) is 0 Å². The van der Waals surface area contributed by atoms with Crippen LogP contribution in [0.4, 0.5) is 0 Å². The summed E-state index contributed by atoms with van der Waals surface area (Å²) >= 11 is 0. The first-order chi connectivity index (χ1) is 22.3. The SMILES string of the molecule is c1ccc2c(c1)c1ccccc1n2-c1cc(-n2c3ccccc3c3ncccc32)cc(-n2c3ccccc3c3ncccc32)c1. The standard InChI is InChI=1S/C40H25N5/c1-5-15-33-29(11-1)30-12-2-6-16-34(30)43(33)26-23-27(44-35-17-7-3-13-31(35)39-37(44)19-9-21-41-39)25-28(24-26)45-36-18-8-4-14-32(36)40-38(45)20-10-22-42-40/h1-25H. The minimum absolute atomic E-state index is 0.998. The summed E-state index contributed by atoms with van der Waals surface area (Å²) in [5.41, 5.74) is 12.0. The third-order valence-corrected chi connectivity index (χ3v) is 9.10. The molecular formula is C40H25N5. The molecule has 0 unspecified atom stereocenters. The summed E-state index contributed by atoms with van der Waals surface area (Å²) < 4.78 is 7.10. The molecule has 0 atom stereocenters. The third-order valence-electron chi connectivity index (χ3n) is 9.10. The summed E-state index contributed by atoms with van der Waals surface area (Å²) in [5.74, 6) is 0. The molecule has 5 aromatic heterocycles. The molecule has 0 aliphatic heterocycles. The zero-order chi connectivity index (χ0) is 29.5. The van der Waals surface area contributed by atoms with Crippen LogP contribution in [0.3, 0.4) is 0 Å². The van der Waals surface area contributed by atoms with Gasteiger partial charge in [-0.1, -0.05) is 72.8 Å². The fraction of sp³-hybridized carbons (Fsp3) is 0. The minimum Gasteiger partial charge on any atom is -0.309 e. The number of para-hydroxylation sites is 4. The van der Waals surface area contributed by atoms with Gasteiger partial charge in [0.1, 0.15) is 0 Å². The Hall–Kier alpha value is -6.20. The van der Waals surface area contributed by atoms with Crippen molar-refractivity contribution >= 4 is 65.7 Å². The van der Waals surface area contributed by atoms with Crippen LogP contribution < -0.4 is 0 Å². The number of hydrogen-bond acceptors (Lipinski definition) is 2. The highest BCUT2D eigenvalue weighted by Gasteiger charge is 2.19. The number of nitrogens with zero attached hydrogens (tertiary/aromatic N) is 5. The molecule has 5 aromatic carbocycles. The summed E-state index contributed by atoms with van der Waals surface area (Å²) in [6.07, 6.45) is 3.76. The van der Waals surface area contributed by atoms with E-state index in [0.717, 1.165) is 60.9 Å². The highest BCUT2D eigenvalue weighted by atomic mass is 15.1. The molecular weight excluding hydrogens is 550 g/mol. The summed E-state index contributed by atoms with van der Waals surface area (Å²) in [5, 5.41) is 4.75. The molecule has 0 saturated heterocycles. The van der Waals surface area contributed by atoms with E-state index in [-0.39, 0.29) is 0 Å². The highest BCUT2D eigenvalue weighted by molar-refractivity contribution is 6.10. The molecule has 0 fully saturated rings. The maximum atomic E-state index is 4.82. The van der Waals surface area contributed by atoms with Crippen LogP contribution in [0.25, 0.3) is 82.7 Å². The monoisotopic (exact) mass is 575 g/mol. The van der Waals surface area contributed by atoms with Crippen molar-refractivity contribution in [3.8, 4) is 17.1 Å². The number of pyridine rings is 2. The Bertz CT molecular complexity index is 2300. The van der Waals surface area contributed by atoms with Crippen molar-refractivity contribution in [2.75, 3.05) is 0 Å². The van der Waals surface area contributed by atoms with Gasteiger partial charge in [-0.05, 0) is 66.7 Å². The molecule has 0 bridgehead atoms. The molecule has 0 N–H and O–H groups in total. The van der Waals surface area contributed by atoms with E-state index in [1.165, 1.54) is 21.8 Å². The van der Waals surface area contributed by atoms with Gasteiger partial charge in [-0.3, -0.25) is 9.97 Å². The van der Waals surface area contributed by atoms with E-state index in [2.05, 4.69) is 141 Å². The Balaban J connectivity index is 1.38. The van der Waals surface area contributed by atoms with Gasteiger partial charge in [0.05, 0.1) is 61.2 Å². The summed E-state index contributed by atoms with van der Waals surface area (Å²) in [4.78, 5) is 9.65. The molecule has 5 nitrogen and oxygen atoms in total. The smallest absolute Gasteiger partial charge is 0.0963 e. The van der Waals surface area contributed by atoms with Crippen LogP contribution in [0.15, 0.2) is 152 Å². The van der Waals surface area contributed by atoms with Crippen LogP contribution in [0, 0.1) is 0 Å². The predicted molar refractivity (Wildman–Crippen MR) is 185 cm³/mol. The zero-order valence-electron chi connectivity index (χ0n) is 24.2. The largest absolute Gasteiger partial charge is 0.309 e. The second-order valence-electron chi connectivity index (χ2n) is 11.5. The quantitative estimate of drug-likeness (QED) is 0.210. The van der Waals surface area contributed by atoms with Gasteiger partial charge in [0.15, 0.2) is 0 Å². The van der Waals surface area contributed by atoms with Gasteiger partial charge in [-0.25, -0.2) is 0 Å². The van der Waals surface area contributed by atoms with E-state index >= 15 is 0 Å². The lowest BCUT2D eigenvalue weighted by molar-refractivity contribution is 1.09. The summed E-state index contributed by atoms with van der Waals surface area (Å²) in [7, 11) is 0. The molecule has 210 valence electrons. The topological polar surface area (TPSA) is 40.6 Å². The molecule has 0 saturated carbocycles. The lowest BCUT2D eigenvalue weighted by Gasteiger charge is -2.17. The lowest BCUT2D eigenvalue weighted by atomic mass is 10.2. The van der Waals surface area contributed by atoms with Crippen LogP contribution in [-0.2, 0) is 0 Å². The molecule has 0 aliphatic rings. The van der Waals surface area contributed by atoms with Crippen LogP contribution >= 0.6 is 0 Å². The molecule has 5 heteroatoms. The fourth-order valence-electron chi connectivity index (χ4n) is 7.29. The van der Waals surface area contributed by atoms with E-state index < -0.39 is 0 Å². The first-order valence-corrected chi connectivity index (χ1v) is 15.2. The van der Waals surface area contributed by atoms with Crippen molar-refractivity contribution < 1.29 is 0 Å².